The molecule has 4 nitrogen and oxygen atoms in total. The molecule has 0 saturated heterocycles. The summed E-state index contributed by atoms with van der Waals surface area (Å²) in [5, 5.41) is 0. The van der Waals surface area contributed by atoms with Gasteiger partial charge in [-0.3, -0.25) is 4.79 Å². The molecule has 0 atom stereocenters. The van der Waals surface area contributed by atoms with Gasteiger partial charge in [0.15, 0.2) is 17.3 Å². The molecule has 0 amide bonds. The summed E-state index contributed by atoms with van der Waals surface area (Å²) in [5.74, 6) is 1.20. The van der Waals surface area contributed by atoms with Crippen molar-refractivity contribution >= 4 is 5.78 Å². The Labute approximate surface area is 108 Å². The summed E-state index contributed by atoms with van der Waals surface area (Å²) >= 11 is 0. The van der Waals surface area contributed by atoms with Crippen LogP contribution >= 0.6 is 0 Å². The molecular formula is C14H21NO3. The standard InChI is InChI=1S/C14H21NO3/c1-3-7-17-13-6-5-11(12(16)10-15)9-14(13)18-8-4-2/h5-6,9H,3-4,7-8,10,15H2,1-2H3. The Morgan fingerprint density at radius 1 is 1.11 bits per heavy atom. The van der Waals surface area contributed by atoms with E-state index in [4.69, 9.17) is 15.2 Å². The summed E-state index contributed by atoms with van der Waals surface area (Å²) in [6.45, 7) is 5.30. The predicted octanol–water partition coefficient (Wildman–Crippen LogP) is 2.41. The van der Waals surface area contributed by atoms with Crippen molar-refractivity contribution < 1.29 is 14.3 Å². The van der Waals surface area contributed by atoms with E-state index in [0.29, 0.717) is 30.3 Å². The normalized spacial score (nSPS) is 10.2. The van der Waals surface area contributed by atoms with Crippen molar-refractivity contribution in [2.45, 2.75) is 26.7 Å². The van der Waals surface area contributed by atoms with E-state index in [1.807, 2.05) is 13.8 Å². The van der Waals surface area contributed by atoms with Crippen molar-refractivity contribution in [1.82, 2.24) is 0 Å². The zero-order chi connectivity index (χ0) is 13.4. The number of nitrogens with two attached hydrogens (primary N) is 1. The molecule has 0 fully saturated rings. The van der Waals surface area contributed by atoms with E-state index in [0.717, 1.165) is 12.8 Å². The summed E-state index contributed by atoms with van der Waals surface area (Å²) in [5.41, 5.74) is 5.91. The molecule has 1 rings (SSSR count). The van der Waals surface area contributed by atoms with Crippen LogP contribution in [-0.2, 0) is 0 Å². The lowest BCUT2D eigenvalue weighted by molar-refractivity contribution is 0.100. The fourth-order valence-electron chi connectivity index (χ4n) is 1.46. The van der Waals surface area contributed by atoms with Gasteiger partial charge in [-0.1, -0.05) is 13.8 Å². The monoisotopic (exact) mass is 251 g/mol. The van der Waals surface area contributed by atoms with Gasteiger partial charge in [0, 0.05) is 5.56 Å². The Kier molecular flexibility index (Phi) is 6.22. The third-order valence-corrected chi connectivity index (χ3v) is 2.37. The highest BCUT2D eigenvalue weighted by Crippen LogP contribution is 2.29. The van der Waals surface area contributed by atoms with Crippen LogP contribution in [-0.4, -0.2) is 25.5 Å². The van der Waals surface area contributed by atoms with Crippen molar-refractivity contribution in [3.8, 4) is 11.5 Å². The van der Waals surface area contributed by atoms with Crippen LogP contribution in [0.5, 0.6) is 11.5 Å². The predicted molar refractivity (Wildman–Crippen MR) is 71.4 cm³/mol. The Morgan fingerprint density at radius 3 is 2.28 bits per heavy atom. The third kappa shape index (κ3) is 4.04. The molecule has 0 unspecified atom stereocenters. The molecule has 0 aliphatic heterocycles. The summed E-state index contributed by atoms with van der Waals surface area (Å²) in [7, 11) is 0. The Balaban J connectivity index is 2.92. The fraction of sp³-hybridized carbons (Fsp3) is 0.500. The number of hydrogen-bond donors (Lipinski definition) is 1. The number of Topliss-reactive ketones (excluding diaryl/α,β-unsaturated/α-hetero) is 1. The third-order valence-electron chi connectivity index (χ3n) is 2.37. The molecule has 100 valence electrons. The van der Waals surface area contributed by atoms with Crippen LogP contribution in [0.25, 0.3) is 0 Å². The van der Waals surface area contributed by atoms with Crippen molar-refractivity contribution in [3.63, 3.8) is 0 Å². The van der Waals surface area contributed by atoms with Crippen LogP contribution in [0.1, 0.15) is 37.0 Å². The van der Waals surface area contributed by atoms with Gasteiger partial charge < -0.3 is 15.2 Å². The highest BCUT2D eigenvalue weighted by molar-refractivity contribution is 5.98. The van der Waals surface area contributed by atoms with Crippen LogP contribution in [0.4, 0.5) is 0 Å². The number of hydrogen-bond acceptors (Lipinski definition) is 4. The van der Waals surface area contributed by atoms with Crippen molar-refractivity contribution in [2.75, 3.05) is 19.8 Å². The van der Waals surface area contributed by atoms with Crippen LogP contribution in [0.15, 0.2) is 18.2 Å². The van der Waals surface area contributed by atoms with E-state index in [2.05, 4.69) is 0 Å². The summed E-state index contributed by atoms with van der Waals surface area (Å²) in [4.78, 5) is 11.5. The molecule has 2 N–H and O–H groups in total. The van der Waals surface area contributed by atoms with Crippen LogP contribution in [0, 0.1) is 0 Å². The molecule has 0 spiro atoms. The largest absolute Gasteiger partial charge is 0.490 e. The SMILES string of the molecule is CCCOc1ccc(C(=O)CN)cc1OCCC. The van der Waals surface area contributed by atoms with Gasteiger partial charge >= 0.3 is 0 Å². The van der Waals surface area contributed by atoms with Crippen LogP contribution in [0.3, 0.4) is 0 Å². The van der Waals surface area contributed by atoms with Gasteiger partial charge in [-0.15, -0.1) is 0 Å². The molecule has 0 radical (unpaired) electrons. The Hall–Kier alpha value is -1.55. The number of ether oxygens (including phenoxy) is 2. The Morgan fingerprint density at radius 2 is 1.72 bits per heavy atom. The lowest BCUT2D eigenvalue weighted by atomic mass is 10.1. The zero-order valence-electron chi connectivity index (χ0n) is 11.1. The minimum absolute atomic E-state index is 0.00236. The number of carbonyl (C=O) groups is 1. The minimum Gasteiger partial charge on any atom is -0.490 e. The van der Waals surface area contributed by atoms with Gasteiger partial charge in [-0.05, 0) is 31.0 Å². The Bertz CT molecular complexity index is 391. The topological polar surface area (TPSA) is 61.5 Å². The minimum atomic E-state index is -0.0987. The highest BCUT2D eigenvalue weighted by Gasteiger charge is 2.10. The highest BCUT2D eigenvalue weighted by atomic mass is 16.5. The smallest absolute Gasteiger partial charge is 0.176 e. The molecular weight excluding hydrogens is 230 g/mol. The van der Waals surface area contributed by atoms with Crippen LogP contribution < -0.4 is 15.2 Å². The summed E-state index contributed by atoms with van der Waals surface area (Å²) < 4.78 is 11.2. The number of carbonyl (C=O) groups excluding carboxylic acids is 1. The second kappa shape index (κ2) is 7.71. The molecule has 0 bridgehead atoms. The van der Waals surface area contributed by atoms with E-state index < -0.39 is 0 Å². The molecule has 0 heterocycles. The maximum Gasteiger partial charge on any atom is 0.176 e. The number of rotatable bonds is 8. The van der Waals surface area contributed by atoms with Gasteiger partial charge in [0.2, 0.25) is 0 Å². The van der Waals surface area contributed by atoms with Crippen molar-refractivity contribution in [2.24, 2.45) is 5.73 Å². The lowest BCUT2D eigenvalue weighted by Gasteiger charge is -2.13. The van der Waals surface area contributed by atoms with Gasteiger partial charge in [-0.2, -0.15) is 0 Å². The van der Waals surface area contributed by atoms with Crippen LogP contribution in [0.2, 0.25) is 0 Å². The van der Waals surface area contributed by atoms with Gasteiger partial charge in [0.25, 0.3) is 0 Å². The van der Waals surface area contributed by atoms with Crippen molar-refractivity contribution in [1.29, 1.82) is 0 Å². The fourth-order valence-corrected chi connectivity index (χ4v) is 1.46. The first kappa shape index (κ1) is 14.5. The van der Waals surface area contributed by atoms with Gasteiger partial charge in [0.1, 0.15) is 0 Å². The maximum atomic E-state index is 11.5. The molecule has 18 heavy (non-hydrogen) atoms. The average molecular weight is 251 g/mol. The first-order valence-electron chi connectivity index (χ1n) is 6.35. The summed E-state index contributed by atoms with van der Waals surface area (Å²) in [6.07, 6.45) is 1.83. The molecule has 1 aromatic carbocycles. The van der Waals surface area contributed by atoms with Gasteiger partial charge in [-0.25, -0.2) is 0 Å². The van der Waals surface area contributed by atoms with E-state index in [-0.39, 0.29) is 12.3 Å². The van der Waals surface area contributed by atoms with E-state index >= 15 is 0 Å². The second-order valence-corrected chi connectivity index (χ2v) is 3.99. The maximum absolute atomic E-state index is 11.5. The summed E-state index contributed by atoms with van der Waals surface area (Å²) in [6, 6.07) is 5.19. The first-order valence-corrected chi connectivity index (χ1v) is 6.35. The first-order chi connectivity index (χ1) is 8.72. The van der Waals surface area contributed by atoms with Gasteiger partial charge in [0.05, 0.1) is 19.8 Å². The van der Waals surface area contributed by atoms with E-state index in [1.165, 1.54) is 0 Å². The average Bonchev–Trinajstić information content (AvgIpc) is 2.42. The van der Waals surface area contributed by atoms with E-state index in [1.54, 1.807) is 18.2 Å². The molecule has 0 aromatic heterocycles. The molecule has 4 heteroatoms. The number of ketones is 1. The number of benzene rings is 1. The molecule has 1 aromatic rings. The lowest BCUT2D eigenvalue weighted by Crippen LogP contribution is -2.13. The molecule has 0 saturated carbocycles. The quantitative estimate of drug-likeness (QED) is 0.721. The zero-order valence-corrected chi connectivity index (χ0v) is 11.1. The second-order valence-electron chi connectivity index (χ2n) is 3.99. The van der Waals surface area contributed by atoms with E-state index in [9.17, 15) is 4.79 Å². The van der Waals surface area contributed by atoms with Crippen molar-refractivity contribution in [3.05, 3.63) is 23.8 Å². The molecule has 0 aliphatic rings. The molecule has 0 aliphatic carbocycles.